The van der Waals surface area contributed by atoms with Crippen LogP contribution in [0.3, 0.4) is 0 Å². The molecule has 4 heterocycles. The largest absolute Gasteiger partial charge is 0.416 e. The first-order valence-electron chi connectivity index (χ1n) is 11.3. The van der Waals surface area contributed by atoms with E-state index in [4.69, 9.17) is 0 Å². The van der Waals surface area contributed by atoms with Crippen LogP contribution in [-0.4, -0.2) is 33.9 Å². The van der Waals surface area contributed by atoms with Gasteiger partial charge in [0, 0.05) is 55.1 Å². The zero-order valence-corrected chi connectivity index (χ0v) is 19.1. The smallest absolute Gasteiger partial charge is 0.371 e. The molecule has 5 nitrogen and oxygen atoms in total. The molecular weight excluding hydrogens is 441 g/mol. The number of aryl methyl sites for hydroxylation is 2. The molecule has 1 aromatic carbocycles. The maximum atomic E-state index is 13.1. The topological polar surface area (TPSA) is 49.3 Å². The maximum Gasteiger partial charge on any atom is 0.416 e. The van der Waals surface area contributed by atoms with Crippen LogP contribution in [-0.2, 0) is 24.1 Å². The second-order valence-electron chi connectivity index (χ2n) is 9.21. The van der Waals surface area contributed by atoms with Gasteiger partial charge in [-0.05, 0) is 55.3 Å². The summed E-state index contributed by atoms with van der Waals surface area (Å²) in [7, 11) is 0. The lowest BCUT2D eigenvalue weighted by molar-refractivity contribution is -0.137. The van der Waals surface area contributed by atoms with E-state index in [1.165, 1.54) is 11.6 Å². The van der Waals surface area contributed by atoms with E-state index < -0.39 is 11.7 Å². The zero-order chi connectivity index (χ0) is 24.0. The molecule has 5 rings (SSSR count). The van der Waals surface area contributed by atoms with E-state index in [-0.39, 0.29) is 11.8 Å². The molecule has 176 valence electrons. The van der Waals surface area contributed by atoms with E-state index in [1.807, 2.05) is 17.9 Å². The van der Waals surface area contributed by atoms with Crippen molar-refractivity contribution in [1.29, 1.82) is 0 Å². The summed E-state index contributed by atoms with van der Waals surface area (Å²) in [6.45, 7) is 6.68. The third-order valence-electron chi connectivity index (χ3n) is 6.62. The number of hydrogen-bond acceptors (Lipinski definition) is 4. The number of alkyl halides is 3. The SMILES string of the molecule is Cc1cc(C)c2c(n1)CN(C(=O)CC1CN(c3ccnc(-c4cccc(C(F)(F)F)c4)c3)C1)C2. The molecule has 0 saturated carbocycles. The number of nitrogens with zero attached hydrogens (tertiary/aromatic N) is 4. The number of carbonyl (C=O) groups excluding carboxylic acids is 1. The number of amides is 1. The van der Waals surface area contributed by atoms with Crippen molar-refractivity contribution in [2.45, 2.75) is 39.5 Å². The molecule has 0 radical (unpaired) electrons. The summed E-state index contributed by atoms with van der Waals surface area (Å²) in [6, 6.07) is 10.9. The molecule has 2 aromatic heterocycles. The molecule has 1 amide bonds. The lowest BCUT2D eigenvalue weighted by Gasteiger charge is -2.41. The average molecular weight is 467 g/mol. The van der Waals surface area contributed by atoms with E-state index in [0.29, 0.717) is 30.8 Å². The summed E-state index contributed by atoms with van der Waals surface area (Å²) < 4.78 is 39.2. The minimum atomic E-state index is -4.39. The third-order valence-corrected chi connectivity index (χ3v) is 6.62. The van der Waals surface area contributed by atoms with Crippen LogP contribution < -0.4 is 4.90 Å². The van der Waals surface area contributed by atoms with Crippen LogP contribution in [0.5, 0.6) is 0 Å². The number of benzene rings is 1. The highest BCUT2D eigenvalue weighted by atomic mass is 19.4. The summed E-state index contributed by atoms with van der Waals surface area (Å²) in [6.07, 6.45) is -2.30. The van der Waals surface area contributed by atoms with Gasteiger partial charge in [0.15, 0.2) is 0 Å². The van der Waals surface area contributed by atoms with Crippen LogP contribution in [0.2, 0.25) is 0 Å². The third kappa shape index (κ3) is 4.36. The van der Waals surface area contributed by atoms with E-state index >= 15 is 0 Å². The fourth-order valence-corrected chi connectivity index (χ4v) is 4.81. The molecule has 3 aromatic rings. The van der Waals surface area contributed by atoms with Gasteiger partial charge in [-0.1, -0.05) is 12.1 Å². The quantitative estimate of drug-likeness (QED) is 0.534. The van der Waals surface area contributed by atoms with Gasteiger partial charge in [-0.3, -0.25) is 14.8 Å². The van der Waals surface area contributed by atoms with Crippen LogP contribution in [0.15, 0.2) is 48.7 Å². The van der Waals surface area contributed by atoms with Gasteiger partial charge in [-0.15, -0.1) is 0 Å². The standard InChI is InChI=1S/C26H25F3N4O/c1-16-8-17(2)31-24-15-33(14-22(16)24)25(34)9-18-12-32(13-18)21-6-7-30-23(11-21)19-4-3-5-20(10-19)26(27,28)29/h3-8,10-11,18H,9,12-15H2,1-2H3. The van der Waals surface area contributed by atoms with E-state index in [9.17, 15) is 18.0 Å². The highest BCUT2D eigenvalue weighted by molar-refractivity contribution is 5.78. The minimum Gasteiger partial charge on any atom is -0.371 e. The number of pyridine rings is 2. The molecule has 0 spiro atoms. The maximum absolute atomic E-state index is 13.1. The predicted molar refractivity (Wildman–Crippen MR) is 123 cm³/mol. The van der Waals surface area contributed by atoms with Crippen molar-refractivity contribution in [3.8, 4) is 11.3 Å². The normalized spacial score (nSPS) is 15.9. The van der Waals surface area contributed by atoms with Gasteiger partial charge in [0.25, 0.3) is 0 Å². The lowest BCUT2D eigenvalue weighted by atomic mass is 9.94. The second kappa shape index (κ2) is 8.42. The van der Waals surface area contributed by atoms with Crippen LogP contribution in [0.25, 0.3) is 11.3 Å². The first-order chi connectivity index (χ1) is 16.2. The summed E-state index contributed by atoms with van der Waals surface area (Å²) in [5, 5.41) is 0. The molecular formula is C26H25F3N4O. The van der Waals surface area contributed by atoms with Crippen LogP contribution in [0, 0.1) is 19.8 Å². The molecule has 0 bridgehead atoms. The summed E-state index contributed by atoms with van der Waals surface area (Å²) in [5.74, 6) is 0.385. The Hall–Kier alpha value is -3.42. The Balaban J connectivity index is 1.20. The Morgan fingerprint density at radius 1 is 1.09 bits per heavy atom. The van der Waals surface area contributed by atoms with Crippen molar-refractivity contribution >= 4 is 11.6 Å². The van der Waals surface area contributed by atoms with E-state index in [2.05, 4.69) is 27.9 Å². The Bertz CT molecular complexity index is 1250. The first-order valence-corrected chi connectivity index (χ1v) is 11.3. The second-order valence-corrected chi connectivity index (χ2v) is 9.21. The highest BCUT2D eigenvalue weighted by Gasteiger charge is 2.33. The molecule has 34 heavy (non-hydrogen) atoms. The summed E-state index contributed by atoms with van der Waals surface area (Å²) in [4.78, 5) is 25.8. The molecule has 0 atom stereocenters. The van der Waals surface area contributed by atoms with Crippen molar-refractivity contribution in [2.75, 3.05) is 18.0 Å². The van der Waals surface area contributed by atoms with Gasteiger partial charge >= 0.3 is 6.18 Å². The van der Waals surface area contributed by atoms with Crippen LogP contribution in [0.1, 0.15) is 34.5 Å². The number of carbonyl (C=O) groups is 1. The molecule has 2 aliphatic rings. The Morgan fingerprint density at radius 3 is 2.65 bits per heavy atom. The van der Waals surface area contributed by atoms with Crippen LogP contribution >= 0.6 is 0 Å². The number of rotatable bonds is 4. The molecule has 1 saturated heterocycles. The highest BCUT2D eigenvalue weighted by Crippen LogP contribution is 2.34. The Labute approximate surface area is 196 Å². The summed E-state index contributed by atoms with van der Waals surface area (Å²) >= 11 is 0. The predicted octanol–water partition coefficient (Wildman–Crippen LogP) is 5.15. The summed E-state index contributed by atoms with van der Waals surface area (Å²) in [5.41, 5.74) is 5.45. The fraction of sp³-hybridized carbons (Fsp3) is 0.346. The zero-order valence-electron chi connectivity index (χ0n) is 19.1. The van der Waals surface area contributed by atoms with Gasteiger partial charge in [-0.25, -0.2) is 0 Å². The van der Waals surface area contributed by atoms with Crippen molar-refractivity contribution in [1.82, 2.24) is 14.9 Å². The van der Waals surface area contributed by atoms with Crippen molar-refractivity contribution in [3.05, 3.63) is 76.7 Å². The minimum absolute atomic E-state index is 0.138. The van der Waals surface area contributed by atoms with Crippen molar-refractivity contribution < 1.29 is 18.0 Å². The number of aromatic nitrogens is 2. The van der Waals surface area contributed by atoms with Gasteiger partial charge < -0.3 is 9.80 Å². The number of anilines is 1. The lowest BCUT2D eigenvalue weighted by Crippen LogP contribution is -2.48. The number of hydrogen-bond donors (Lipinski definition) is 0. The van der Waals surface area contributed by atoms with Gasteiger partial charge in [0.05, 0.1) is 23.5 Å². The van der Waals surface area contributed by atoms with Gasteiger partial charge in [0.1, 0.15) is 0 Å². The monoisotopic (exact) mass is 466 g/mol. The Morgan fingerprint density at radius 2 is 1.88 bits per heavy atom. The molecule has 1 fully saturated rings. The fourth-order valence-electron chi connectivity index (χ4n) is 4.81. The van der Waals surface area contributed by atoms with Crippen LogP contribution in [0.4, 0.5) is 18.9 Å². The number of halogens is 3. The van der Waals surface area contributed by atoms with Gasteiger partial charge in [-0.2, -0.15) is 13.2 Å². The molecule has 0 unspecified atom stereocenters. The van der Waals surface area contributed by atoms with E-state index in [1.54, 1.807) is 18.3 Å². The molecule has 0 aliphatic carbocycles. The number of fused-ring (bicyclic) bond motifs is 1. The molecule has 2 aliphatic heterocycles. The first kappa shape index (κ1) is 22.4. The Kier molecular flexibility index (Phi) is 5.54. The molecule has 8 heteroatoms. The molecule has 0 N–H and O–H groups in total. The van der Waals surface area contributed by atoms with Crippen molar-refractivity contribution in [2.24, 2.45) is 5.92 Å². The average Bonchev–Trinajstić information content (AvgIpc) is 3.20. The van der Waals surface area contributed by atoms with E-state index in [0.717, 1.165) is 47.9 Å². The van der Waals surface area contributed by atoms with Crippen molar-refractivity contribution in [3.63, 3.8) is 0 Å². The van der Waals surface area contributed by atoms with Gasteiger partial charge in [0.2, 0.25) is 5.91 Å².